The van der Waals surface area contributed by atoms with Gasteiger partial charge in [-0.25, -0.2) is 4.79 Å². The predicted molar refractivity (Wildman–Crippen MR) is 78.1 cm³/mol. The number of rotatable bonds is 2. The number of likely N-dealkylation sites (tertiary alicyclic amines) is 1. The van der Waals surface area contributed by atoms with Crippen LogP contribution in [0.1, 0.15) is 38.5 Å². The lowest BCUT2D eigenvalue weighted by atomic mass is 9.98. The number of nitrogens with one attached hydrogen (secondary N) is 1. The van der Waals surface area contributed by atoms with Gasteiger partial charge < -0.3 is 15.3 Å². The van der Waals surface area contributed by atoms with Gasteiger partial charge in [0.25, 0.3) is 0 Å². The summed E-state index contributed by atoms with van der Waals surface area (Å²) in [5.74, 6) is -1.19. The summed E-state index contributed by atoms with van der Waals surface area (Å²) in [5.41, 5.74) is 0. The van der Waals surface area contributed by atoms with E-state index >= 15 is 0 Å². The summed E-state index contributed by atoms with van der Waals surface area (Å²) in [6.07, 6.45) is 6.17. The molecule has 0 radical (unpaired) electrons. The van der Waals surface area contributed by atoms with E-state index in [0.717, 1.165) is 25.9 Å². The maximum absolute atomic E-state index is 12.4. The maximum atomic E-state index is 12.4. The molecule has 3 rings (SSSR count). The van der Waals surface area contributed by atoms with Crippen LogP contribution in [0.25, 0.3) is 0 Å². The molecular formula is C15H25N3O3. The van der Waals surface area contributed by atoms with Gasteiger partial charge in [0.05, 0.1) is 5.92 Å². The number of hydrogen-bond donors (Lipinski definition) is 2. The fraction of sp³-hybridized carbons (Fsp3) is 0.867. The Kier molecular flexibility index (Phi) is 4.33. The standard InChI is InChI=1S/C15H25N3O3/c19-14(20)11-4-3-8-18(10-11)15(21)16-12-6-9-17-7-2-1-5-13(12)17/h11-13H,1-10H2,(H,16,21)(H,19,20). The van der Waals surface area contributed by atoms with Crippen LogP contribution in [0.3, 0.4) is 0 Å². The topological polar surface area (TPSA) is 72.9 Å². The molecule has 3 aliphatic heterocycles. The summed E-state index contributed by atoms with van der Waals surface area (Å²) in [6, 6.07) is 0.657. The highest BCUT2D eigenvalue weighted by Gasteiger charge is 2.37. The molecule has 3 fully saturated rings. The molecule has 0 aromatic carbocycles. The van der Waals surface area contributed by atoms with Crippen LogP contribution in [0.15, 0.2) is 0 Å². The molecule has 3 heterocycles. The third-order valence-corrected chi connectivity index (χ3v) is 5.22. The average Bonchev–Trinajstić information content (AvgIpc) is 2.91. The van der Waals surface area contributed by atoms with Crippen molar-refractivity contribution in [1.82, 2.24) is 15.1 Å². The van der Waals surface area contributed by atoms with E-state index in [1.807, 2.05) is 0 Å². The first kappa shape index (κ1) is 14.6. The molecule has 3 unspecified atom stereocenters. The van der Waals surface area contributed by atoms with E-state index in [1.165, 1.54) is 19.3 Å². The van der Waals surface area contributed by atoms with Crippen molar-refractivity contribution in [2.45, 2.75) is 50.6 Å². The van der Waals surface area contributed by atoms with Crippen LogP contribution >= 0.6 is 0 Å². The van der Waals surface area contributed by atoms with Crippen molar-refractivity contribution in [1.29, 1.82) is 0 Å². The van der Waals surface area contributed by atoms with E-state index in [-0.39, 0.29) is 12.1 Å². The highest BCUT2D eigenvalue weighted by Crippen LogP contribution is 2.27. The van der Waals surface area contributed by atoms with Gasteiger partial charge in [0, 0.05) is 31.7 Å². The minimum Gasteiger partial charge on any atom is -0.481 e. The number of fused-ring (bicyclic) bond motifs is 1. The Bertz CT molecular complexity index is 415. The van der Waals surface area contributed by atoms with E-state index < -0.39 is 11.9 Å². The molecule has 0 spiro atoms. The molecule has 6 nitrogen and oxygen atoms in total. The number of carbonyl (C=O) groups is 2. The Hall–Kier alpha value is -1.30. The van der Waals surface area contributed by atoms with Crippen molar-refractivity contribution in [3.63, 3.8) is 0 Å². The van der Waals surface area contributed by atoms with Crippen LogP contribution < -0.4 is 5.32 Å². The summed E-state index contributed by atoms with van der Waals surface area (Å²) in [7, 11) is 0. The Balaban J connectivity index is 1.55. The van der Waals surface area contributed by atoms with Gasteiger partial charge in [-0.3, -0.25) is 9.69 Å². The Morgan fingerprint density at radius 1 is 1.00 bits per heavy atom. The largest absolute Gasteiger partial charge is 0.481 e. The van der Waals surface area contributed by atoms with E-state index in [2.05, 4.69) is 10.2 Å². The summed E-state index contributed by atoms with van der Waals surface area (Å²) in [6.45, 7) is 3.26. The van der Waals surface area contributed by atoms with Crippen LogP contribution in [-0.2, 0) is 4.79 Å². The molecule has 3 atom stereocenters. The first-order valence-electron chi connectivity index (χ1n) is 8.17. The molecule has 2 amide bonds. The van der Waals surface area contributed by atoms with Crippen LogP contribution in [0.2, 0.25) is 0 Å². The van der Waals surface area contributed by atoms with Gasteiger partial charge in [0.1, 0.15) is 0 Å². The number of carbonyl (C=O) groups excluding carboxylic acids is 1. The Morgan fingerprint density at radius 2 is 1.86 bits per heavy atom. The molecule has 2 N–H and O–H groups in total. The van der Waals surface area contributed by atoms with Crippen LogP contribution in [0.4, 0.5) is 4.79 Å². The first-order chi connectivity index (χ1) is 10.1. The predicted octanol–water partition coefficient (Wildman–Crippen LogP) is 1.12. The minimum atomic E-state index is -0.785. The summed E-state index contributed by atoms with van der Waals surface area (Å²) < 4.78 is 0. The molecule has 3 saturated heterocycles. The Labute approximate surface area is 125 Å². The average molecular weight is 295 g/mol. The van der Waals surface area contributed by atoms with Gasteiger partial charge in [-0.1, -0.05) is 6.42 Å². The second-order valence-corrected chi connectivity index (χ2v) is 6.57. The van der Waals surface area contributed by atoms with Crippen molar-refractivity contribution in [3.05, 3.63) is 0 Å². The highest BCUT2D eigenvalue weighted by atomic mass is 16.4. The minimum absolute atomic E-state index is 0.0710. The van der Waals surface area contributed by atoms with Crippen LogP contribution in [0, 0.1) is 5.92 Å². The van der Waals surface area contributed by atoms with Gasteiger partial charge in [0.15, 0.2) is 0 Å². The summed E-state index contributed by atoms with van der Waals surface area (Å²) >= 11 is 0. The smallest absolute Gasteiger partial charge is 0.317 e. The van der Waals surface area contributed by atoms with Crippen molar-refractivity contribution < 1.29 is 14.7 Å². The van der Waals surface area contributed by atoms with Gasteiger partial charge in [-0.15, -0.1) is 0 Å². The monoisotopic (exact) mass is 295 g/mol. The number of piperidine rings is 2. The van der Waals surface area contributed by atoms with Gasteiger partial charge in [-0.05, 0) is 38.6 Å². The molecule has 0 bridgehead atoms. The molecular weight excluding hydrogens is 270 g/mol. The highest BCUT2D eigenvalue weighted by molar-refractivity contribution is 5.77. The van der Waals surface area contributed by atoms with Gasteiger partial charge in [-0.2, -0.15) is 0 Å². The van der Waals surface area contributed by atoms with E-state index in [1.54, 1.807) is 4.90 Å². The van der Waals surface area contributed by atoms with Gasteiger partial charge >= 0.3 is 12.0 Å². The first-order valence-corrected chi connectivity index (χ1v) is 8.17. The number of hydrogen-bond acceptors (Lipinski definition) is 3. The zero-order valence-corrected chi connectivity index (χ0v) is 12.5. The van der Waals surface area contributed by atoms with Crippen LogP contribution in [0.5, 0.6) is 0 Å². The normalized spacial score (nSPS) is 33.5. The molecule has 118 valence electrons. The van der Waals surface area contributed by atoms with Crippen molar-refractivity contribution in [2.24, 2.45) is 5.92 Å². The molecule has 0 aromatic heterocycles. The fourth-order valence-corrected chi connectivity index (χ4v) is 4.03. The number of urea groups is 1. The van der Waals surface area contributed by atoms with Crippen molar-refractivity contribution >= 4 is 12.0 Å². The van der Waals surface area contributed by atoms with E-state index in [9.17, 15) is 9.59 Å². The molecule has 3 aliphatic rings. The fourth-order valence-electron chi connectivity index (χ4n) is 4.03. The third-order valence-electron chi connectivity index (χ3n) is 5.22. The number of amides is 2. The third kappa shape index (κ3) is 3.15. The number of nitrogens with zero attached hydrogens (tertiary/aromatic N) is 2. The van der Waals surface area contributed by atoms with Crippen molar-refractivity contribution in [3.8, 4) is 0 Å². The summed E-state index contributed by atoms with van der Waals surface area (Å²) in [5, 5.41) is 12.3. The zero-order valence-electron chi connectivity index (χ0n) is 12.5. The van der Waals surface area contributed by atoms with Crippen molar-refractivity contribution in [2.75, 3.05) is 26.2 Å². The lowest BCUT2D eigenvalue weighted by Crippen LogP contribution is -2.53. The maximum Gasteiger partial charge on any atom is 0.317 e. The van der Waals surface area contributed by atoms with E-state index in [4.69, 9.17) is 5.11 Å². The second kappa shape index (κ2) is 6.22. The number of carboxylic acid groups (broad SMARTS) is 1. The lowest BCUT2D eigenvalue weighted by molar-refractivity contribution is -0.143. The zero-order chi connectivity index (χ0) is 14.8. The molecule has 0 aromatic rings. The molecule has 21 heavy (non-hydrogen) atoms. The summed E-state index contributed by atoms with van der Waals surface area (Å²) in [4.78, 5) is 27.7. The Morgan fingerprint density at radius 3 is 2.67 bits per heavy atom. The number of carboxylic acids is 1. The van der Waals surface area contributed by atoms with E-state index in [0.29, 0.717) is 25.6 Å². The molecule has 0 aliphatic carbocycles. The quantitative estimate of drug-likeness (QED) is 0.801. The number of aliphatic carboxylic acids is 1. The second-order valence-electron chi connectivity index (χ2n) is 6.57. The molecule has 0 saturated carbocycles. The lowest BCUT2D eigenvalue weighted by Gasteiger charge is -2.35. The SMILES string of the molecule is O=C(O)C1CCCN(C(=O)NC2CCN3CCCCC23)C1. The van der Waals surface area contributed by atoms with Crippen LogP contribution in [-0.4, -0.2) is 65.2 Å². The van der Waals surface area contributed by atoms with Gasteiger partial charge in [0.2, 0.25) is 0 Å². The molecule has 6 heteroatoms.